The molecule has 5 heteroatoms. The zero-order valence-electron chi connectivity index (χ0n) is 11.3. The summed E-state index contributed by atoms with van der Waals surface area (Å²) in [5.74, 6) is 0. The molecule has 0 amide bonds. The minimum Gasteiger partial charge on any atom is -0.334 e. The second kappa shape index (κ2) is 4.53. The van der Waals surface area contributed by atoms with Crippen LogP contribution in [0.15, 0.2) is 49.1 Å². The summed E-state index contributed by atoms with van der Waals surface area (Å²) < 4.78 is 1.97. The molecule has 0 fully saturated rings. The molecule has 4 aromatic rings. The van der Waals surface area contributed by atoms with Gasteiger partial charge in [-0.25, -0.2) is 9.97 Å². The highest BCUT2D eigenvalue weighted by Crippen LogP contribution is 2.32. The maximum absolute atomic E-state index is 6.50. The van der Waals surface area contributed by atoms with Crippen LogP contribution in [0.5, 0.6) is 0 Å². The number of hydrogen-bond acceptors (Lipinski definition) is 3. The van der Waals surface area contributed by atoms with Crippen molar-refractivity contribution in [3.05, 3.63) is 54.1 Å². The Balaban J connectivity index is 2.06. The second-order valence-electron chi connectivity index (χ2n) is 4.91. The van der Waals surface area contributed by atoms with Crippen molar-refractivity contribution < 1.29 is 0 Å². The van der Waals surface area contributed by atoms with Gasteiger partial charge in [0, 0.05) is 30.4 Å². The lowest BCUT2D eigenvalue weighted by Gasteiger charge is -2.06. The Labute approximate surface area is 126 Å². The molecular formula is C16H11ClN4. The molecule has 0 spiro atoms. The average molecular weight is 295 g/mol. The number of imidazole rings is 1. The van der Waals surface area contributed by atoms with Gasteiger partial charge in [-0.15, -0.1) is 0 Å². The molecule has 21 heavy (non-hydrogen) atoms. The molecule has 0 radical (unpaired) electrons. The number of fused-ring (bicyclic) bond motifs is 3. The summed E-state index contributed by atoms with van der Waals surface area (Å²) in [6.45, 7) is 0. The van der Waals surface area contributed by atoms with E-state index in [1.54, 1.807) is 18.7 Å². The summed E-state index contributed by atoms with van der Waals surface area (Å²) in [5.41, 5.74) is 4.61. The van der Waals surface area contributed by atoms with E-state index in [0.717, 1.165) is 33.2 Å². The smallest absolute Gasteiger partial charge is 0.0993 e. The topological polar surface area (TPSA) is 43.6 Å². The summed E-state index contributed by atoms with van der Waals surface area (Å²) in [6.07, 6.45) is 5.28. The number of pyridine rings is 2. The highest BCUT2D eigenvalue weighted by atomic mass is 35.5. The Morgan fingerprint density at radius 2 is 1.90 bits per heavy atom. The monoisotopic (exact) mass is 294 g/mol. The van der Waals surface area contributed by atoms with E-state index in [0.29, 0.717) is 5.02 Å². The minimum atomic E-state index is 0.663. The van der Waals surface area contributed by atoms with Crippen molar-refractivity contribution in [1.82, 2.24) is 19.5 Å². The molecule has 0 N–H and O–H groups in total. The number of benzene rings is 1. The third-order valence-electron chi connectivity index (χ3n) is 3.59. The van der Waals surface area contributed by atoms with E-state index in [2.05, 4.69) is 9.97 Å². The predicted octanol–water partition coefficient (Wildman–Crippen LogP) is 3.84. The van der Waals surface area contributed by atoms with Gasteiger partial charge in [-0.05, 0) is 30.3 Å². The zero-order valence-corrected chi connectivity index (χ0v) is 12.0. The van der Waals surface area contributed by atoms with Crippen molar-refractivity contribution in [1.29, 1.82) is 0 Å². The minimum absolute atomic E-state index is 0.663. The number of aromatic nitrogens is 4. The molecule has 4 rings (SSSR count). The molecule has 0 aliphatic carbocycles. The molecule has 1 aromatic carbocycles. The maximum Gasteiger partial charge on any atom is 0.0993 e. The quantitative estimate of drug-likeness (QED) is 0.536. The fourth-order valence-corrected chi connectivity index (χ4v) is 2.83. The standard InChI is InChI=1S/C16H11ClN4/c1-21-9-19-16-14(21)3-2-12-15(16)11(17)8-13(20-12)10-4-6-18-7-5-10/h2-9H,1H3. The third kappa shape index (κ3) is 1.87. The molecule has 0 saturated heterocycles. The summed E-state index contributed by atoms with van der Waals surface area (Å²) in [6, 6.07) is 9.72. The summed E-state index contributed by atoms with van der Waals surface area (Å²) in [4.78, 5) is 13.2. The summed E-state index contributed by atoms with van der Waals surface area (Å²) >= 11 is 6.50. The van der Waals surface area contributed by atoms with Crippen LogP contribution in [0, 0.1) is 0 Å². The van der Waals surface area contributed by atoms with E-state index in [1.807, 2.05) is 41.9 Å². The number of aryl methyl sites for hydroxylation is 1. The van der Waals surface area contributed by atoms with Crippen LogP contribution in [-0.4, -0.2) is 19.5 Å². The highest BCUT2D eigenvalue weighted by molar-refractivity contribution is 6.37. The normalized spacial score (nSPS) is 11.3. The number of halogens is 1. The average Bonchev–Trinajstić information content (AvgIpc) is 2.89. The molecule has 0 bridgehead atoms. The predicted molar refractivity (Wildman–Crippen MR) is 84.3 cm³/mol. The van der Waals surface area contributed by atoms with Crippen LogP contribution in [-0.2, 0) is 7.05 Å². The van der Waals surface area contributed by atoms with Crippen LogP contribution in [0.25, 0.3) is 33.2 Å². The van der Waals surface area contributed by atoms with Gasteiger partial charge in [-0.2, -0.15) is 0 Å². The second-order valence-corrected chi connectivity index (χ2v) is 5.32. The maximum atomic E-state index is 6.50. The largest absolute Gasteiger partial charge is 0.334 e. The first-order valence-electron chi connectivity index (χ1n) is 6.55. The third-order valence-corrected chi connectivity index (χ3v) is 3.89. The van der Waals surface area contributed by atoms with Crippen LogP contribution >= 0.6 is 11.6 Å². The van der Waals surface area contributed by atoms with E-state index in [-0.39, 0.29) is 0 Å². The van der Waals surface area contributed by atoms with Gasteiger partial charge >= 0.3 is 0 Å². The van der Waals surface area contributed by atoms with E-state index in [4.69, 9.17) is 16.6 Å². The molecule has 0 aliphatic heterocycles. The van der Waals surface area contributed by atoms with Gasteiger partial charge in [-0.1, -0.05) is 11.6 Å². The zero-order chi connectivity index (χ0) is 14.4. The molecule has 3 aromatic heterocycles. The van der Waals surface area contributed by atoms with Crippen LogP contribution in [0.4, 0.5) is 0 Å². The molecule has 0 aliphatic rings. The number of rotatable bonds is 1. The van der Waals surface area contributed by atoms with E-state index >= 15 is 0 Å². The first-order valence-corrected chi connectivity index (χ1v) is 6.92. The lowest BCUT2D eigenvalue weighted by molar-refractivity contribution is 0.948. The number of hydrogen-bond donors (Lipinski definition) is 0. The van der Waals surface area contributed by atoms with E-state index < -0.39 is 0 Å². The Morgan fingerprint density at radius 3 is 2.71 bits per heavy atom. The van der Waals surface area contributed by atoms with Crippen molar-refractivity contribution in [3.63, 3.8) is 0 Å². The SMILES string of the molecule is Cn1cnc2c3c(Cl)cc(-c4ccncc4)nc3ccc21. The van der Waals surface area contributed by atoms with Crippen molar-refractivity contribution >= 4 is 33.5 Å². The fourth-order valence-electron chi connectivity index (χ4n) is 2.54. The van der Waals surface area contributed by atoms with Crippen LogP contribution in [0.2, 0.25) is 5.02 Å². The van der Waals surface area contributed by atoms with Crippen LogP contribution in [0.3, 0.4) is 0 Å². The van der Waals surface area contributed by atoms with E-state index in [1.165, 1.54) is 0 Å². The van der Waals surface area contributed by atoms with Crippen molar-refractivity contribution in [2.45, 2.75) is 0 Å². The van der Waals surface area contributed by atoms with Crippen LogP contribution < -0.4 is 0 Å². The molecule has 0 saturated carbocycles. The Kier molecular flexibility index (Phi) is 2.65. The molecule has 3 heterocycles. The first kappa shape index (κ1) is 12.3. The summed E-state index contributed by atoms with van der Waals surface area (Å²) in [5, 5.41) is 1.56. The van der Waals surface area contributed by atoms with E-state index in [9.17, 15) is 0 Å². The molecular weight excluding hydrogens is 284 g/mol. The molecule has 0 atom stereocenters. The Bertz CT molecular complexity index is 960. The van der Waals surface area contributed by atoms with Crippen molar-refractivity contribution in [2.75, 3.05) is 0 Å². The highest BCUT2D eigenvalue weighted by Gasteiger charge is 2.11. The lowest BCUT2D eigenvalue weighted by Crippen LogP contribution is -1.89. The van der Waals surface area contributed by atoms with Gasteiger partial charge < -0.3 is 4.57 Å². The van der Waals surface area contributed by atoms with Gasteiger partial charge in [0.1, 0.15) is 0 Å². The Morgan fingerprint density at radius 1 is 1.10 bits per heavy atom. The van der Waals surface area contributed by atoms with Crippen molar-refractivity contribution in [2.24, 2.45) is 7.05 Å². The number of nitrogens with zero attached hydrogens (tertiary/aromatic N) is 4. The van der Waals surface area contributed by atoms with Gasteiger partial charge in [0.15, 0.2) is 0 Å². The lowest BCUT2D eigenvalue weighted by atomic mass is 10.1. The van der Waals surface area contributed by atoms with Gasteiger partial charge in [-0.3, -0.25) is 4.98 Å². The van der Waals surface area contributed by atoms with Crippen molar-refractivity contribution in [3.8, 4) is 11.3 Å². The fraction of sp³-hybridized carbons (Fsp3) is 0.0625. The van der Waals surface area contributed by atoms with Gasteiger partial charge in [0.05, 0.1) is 33.6 Å². The summed E-state index contributed by atoms with van der Waals surface area (Å²) in [7, 11) is 1.97. The van der Waals surface area contributed by atoms with Gasteiger partial charge in [0.2, 0.25) is 0 Å². The Hall–Kier alpha value is -2.46. The molecule has 4 nitrogen and oxygen atoms in total. The van der Waals surface area contributed by atoms with Gasteiger partial charge in [0.25, 0.3) is 0 Å². The first-order chi connectivity index (χ1) is 10.2. The molecule has 0 unspecified atom stereocenters. The molecule has 102 valence electrons. The van der Waals surface area contributed by atoms with Crippen LogP contribution in [0.1, 0.15) is 0 Å².